The van der Waals surface area contributed by atoms with Crippen LogP contribution in [-0.2, 0) is 13.5 Å². The SMILES string of the molecule is CCc1nc2cccc(OC)c2c(=O)n1C. The van der Waals surface area contributed by atoms with Gasteiger partial charge in [0.05, 0.1) is 12.6 Å². The van der Waals surface area contributed by atoms with E-state index < -0.39 is 0 Å². The molecule has 0 amide bonds. The maximum absolute atomic E-state index is 12.1. The highest BCUT2D eigenvalue weighted by Crippen LogP contribution is 2.20. The molecular weight excluding hydrogens is 204 g/mol. The average molecular weight is 218 g/mol. The van der Waals surface area contributed by atoms with Crippen LogP contribution < -0.4 is 10.3 Å². The molecule has 0 saturated heterocycles. The third kappa shape index (κ3) is 1.46. The van der Waals surface area contributed by atoms with Crippen molar-refractivity contribution < 1.29 is 4.74 Å². The van der Waals surface area contributed by atoms with E-state index in [-0.39, 0.29) is 5.56 Å². The lowest BCUT2D eigenvalue weighted by Crippen LogP contribution is -2.22. The van der Waals surface area contributed by atoms with Crippen molar-refractivity contribution in [1.29, 1.82) is 0 Å². The van der Waals surface area contributed by atoms with E-state index in [1.165, 1.54) is 0 Å². The molecule has 4 nitrogen and oxygen atoms in total. The quantitative estimate of drug-likeness (QED) is 0.767. The maximum atomic E-state index is 12.1. The molecule has 0 unspecified atom stereocenters. The Morgan fingerprint density at radius 3 is 2.81 bits per heavy atom. The van der Waals surface area contributed by atoms with Gasteiger partial charge in [-0.1, -0.05) is 13.0 Å². The van der Waals surface area contributed by atoms with Crippen molar-refractivity contribution in [1.82, 2.24) is 9.55 Å². The summed E-state index contributed by atoms with van der Waals surface area (Å²) in [5, 5.41) is 0.546. The van der Waals surface area contributed by atoms with Gasteiger partial charge in [-0.2, -0.15) is 0 Å². The minimum absolute atomic E-state index is 0.0562. The Morgan fingerprint density at radius 2 is 2.19 bits per heavy atom. The largest absolute Gasteiger partial charge is 0.496 e. The Bertz CT molecular complexity index is 587. The van der Waals surface area contributed by atoms with E-state index in [0.29, 0.717) is 16.7 Å². The number of rotatable bonds is 2. The van der Waals surface area contributed by atoms with Gasteiger partial charge in [-0.05, 0) is 12.1 Å². The van der Waals surface area contributed by atoms with Crippen molar-refractivity contribution >= 4 is 10.9 Å². The van der Waals surface area contributed by atoms with E-state index in [2.05, 4.69) is 4.98 Å². The molecule has 0 N–H and O–H groups in total. The van der Waals surface area contributed by atoms with Crippen LogP contribution in [0, 0.1) is 0 Å². The summed E-state index contributed by atoms with van der Waals surface area (Å²) in [4.78, 5) is 16.6. The summed E-state index contributed by atoms with van der Waals surface area (Å²) in [6.07, 6.45) is 0.735. The molecule has 0 fully saturated rings. The van der Waals surface area contributed by atoms with Gasteiger partial charge in [0, 0.05) is 13.5 Å². The highest BCUT2D eigenvalue weighted by atomic mass is 16.5. The molecule has 0 saturated carbocycles. The van der Waals surface area contributed by atoms with Crippen LogP contribution in [0.3, 0.4) is 0 Å². The molecule has 1 aromatic heterocycles. The van der Waals surface area contributed by atoms with Gasteiger partial charge in [-0.3, -0.25) is 9.36 Å². The fourth-order valence-corrected chi connectivity index (χ4v) is 1.81. The molecule has 4 heteroatoms. The summed E-state index contributed by atoms with van der Waals surface area (Å²) < 4.78 is 6.76. The van der Waals surface area contributed by atoms with Gasteiger partial charge >= 0.3 is 0 Å². The standard InChI is InChI=1S/C12H14N2O2/c1-4-10-13-8-6-5-7-9(16-3)11(8)12(15)14(10)2/h5-7H,4H2,1-3H3. The van der Waals surface area contributed by atoms with Crippen molar-refractivity contribution in [2.45, 2.75) is 13.3 Å². The lowest BCUT2D eigenvalue weighted by atomic mass is 10.2. The Labute approximate surface area is 93.5 Å². The highest BCUT2D eigenvalue weighted by Gasteiger charge is 2.10. The number of benzene rings is 1. The molecule has 2 rings (SSSR count). The van der Waals surface area contributed by atoms with Crippen LogP contribution in [-0.4, -0.2) is 16.7 Å². The zero-order chi connectivity index (χ0) is 11.7. The first-order chi connectivity index (χ1) is 7.69. The van der Waals surface area contributed by atoms with Crippen LogP contribution in [0.5, 0.6) is 5.75 Å². The predicted molar refractivity (Wildman–Crippen MR) is 62.9 cm³/mol. The summed E-state index contributed by atoms with van der Waals surface area (Å²) in [6, 6.07) is 5.45. The molecule has 1 aromatic carbocycles. The van der Waals surface area contributed by atoms with Gasteiger partial charge in [0.2, 0.25) is 0 Å². The topological polar surface area (TPSA) is 44.1 Å². The van der Waals surface area contributed by atoms with Crippen molar-refractivity contribution in [2.75, 3.05) is 7.11 Å². The Balaban J connectivity index is 2.93. The molecule has 0 aliphatic rings. The molecule has 0 spiro atoms. The van der Waals surface area contributed by atoms with Crippen LogP contribution in [0.1, 0.15) is 12.7 Å². The van der Waals surface area contributed by atoms with Gasteiger partial charge in [-0.25, -0.2) is 4.98 Å². The van der Waals surface area contributed by atoms with Crippen LogP contribution in [0.2, 0.25) is 0 Å². The molecule has 0 atom stereocenters. The van der Waals surface area contributed by atoms with E-state index in [1.807, 2.05) is 19.1 Å². The maximum Gasteiger partial charge on any atom is 0.264 e. The van der Waals surface area contributed by atoms with Crippen LogP contribution in [0.15, 0.2) is 23.0 Å². The molecule has 0 aliphatic heterocycles. The van der Waals surface area contributed by atoms with E-state index >= 15 is 0 Å². The molecular formula is C12H14N2O2. The number of hydrogen-bond donors (Lipinski definition) is 0. The number of aromatic nitrogens is 2. The summed E-state index contributed by atoms with van der Waals surface area (Å²) >= 11 is 0. The molecule has 16 heavy (non-hydrogen) atoms. The lowest BCUT2D eigenvalue weighted by molar-refractivity contribution is 0.419. The molecule has 0 aliphatic carbocycles. The van der Waals surface area contributed by atoms with Gasteiger partial charge in [0.15, 0.2) is 0 Å². The number of fused-ring (bicyclic) bond motifs is 1. The van der Waals surface area contributed by atoms with Gasteiger partial charge in [-0.15, -0.1) is 0 Å². The van der Waals surface area contributed by atoms with E-state index in [9.17, 15) is 4.79 Å². The smallest absolute Gasteiger partial charge is 0.264 e. The highest BCUT2D eigenvalue weighted by molar-refractivity contribution is 5.84. The van der Waals surface area contributed by atoms with Gasteiger partial charge in [0.1, 0.15) is 17.0 Å². The van der Waals surface area contributed by atoms with E-state index in [4.69, 9.17) is 4.74 Å². The van der Waals surface area contributed by atoms with Gasteiger partial charge in [0.25, 0.3) is 5.56 Å². The van der Waals surface area contributed by atoms with Gasteiger partial charge < -0.3 is 4.74 Å². The summed E-state index contributed by atoms with van der Waals surface area (Å²) in [7, 11) is 3.29. The first-order valence-electron chi connectivity index (χ1n) is 5.21. The van der Waals surface area contributed by atoms with Crippen molar-refractivity contribution in [3.8, 4) is 5.75 Å². The molecule has 1 heterocycles. The zero-order valence-electron chi connectivity index (χ0n) is 9.65. The van der Waals surface area contributed by atoms with Crippen molar-refractivity contribution in [3.63, 3.8) is 0 Å². The average Bonchev–Trinajstić information content (AvgIpc) is 2.32. The fourth-order valence-electron chi connectivity index (χ4n) is 1.81. The second-order valence-electron chi connectivity index (χ2n) is 3.60. The third-order valence-electron chi connectivity index (χ3n) is 2.70. The first kappa shape index (κ1) is 10.7. The second-order valence-corrected chi connectivity index (χ2v) is 3.60. The molecule has 0 radical (unpaired) electrons. The van der Waals surface area contributed by atoms with Crippen LogP contribution in [0.25, 0.3) is 10.9 Å². The lowest BCUT2D eigenvalue weighted by Gasteiger charge is -2.09. The third-order valence-corrected chi connectivity index (χ3v) is 2.70. The van der Waals surface area contributed by atoms with Crippen molar-refractivity contribution in [3.05, 3.63) is 34.4 Å². The monoisotopic (exact) mass is 218 g/mol. The Kier molecular flexibility index (Phi) is 2.64. The molecule has 2 aromatic rings. The molecule has 0 bridgehead atoms. The first-order valence-corrected chi connectivity index (χ1v) is 5.21. The number of aryl methyl sites for hydroxylation is 1. The molecule has 84 valence electrons. The summed E-state index contributed by atoms with van der Waals surface area (Å²) in [5.74, 6) is 1.36. The predicted octanol–water partition coefficient (Wildman–Crippen LogP) is 1.50. The van der Waals surface area contributed by atoms with Crippen LogP contribution >= 0.6 is 0 Å². The number of methoxy groups -OCH3 is 1. The Hall–Kier alpha value is -1.84. The second kappa shape index (κ2) is 3.96. The number of ether oxygens (including phenoxy) is 1. The number of hydrogen-bond acceptors (Lipinski definition) is 3. The summed E-state index contributed by atoms with van der Waals surface area (Å²) in [6.45, 7) is 1.98. The van der Waals surface area contributed by atoms with E-state index in [0.717, 1.165) is 12.2 Å². The zero-order valence-corrected chi connectivity index (χ0v) is 9.65. The van der Waals surface area contributed by atoms with Crippen LogP contribution in [0.4, 0.5) is 0 Å². The van der Waals surface area contributed by atoms with Crippen molar-refractivity contribution in [2.24, 2.45) is 7.05 Å². The summed E-state index contributed by atoms with van der Waals surface area (Å²) in [5.41, 5.74) is 0.638. The Morgan fingerprint density at radius 1 is 1.44 bits per heavy atom. The minimum Gasteiger partial charge on any atom is -0.496 e. The van der Waals surface area contributed by atoms with E-state index in [1.54, 1.807) is 24.8 Å². The number of nitrogens with zero attached hydrogens (tertiary/aromatic N) is 2. The minimum atomic E-state index is -0.0562. The fraction of sp³-hybridized carbons (Fsp3) is 0.333. The normalized spacial score (nSPS) is 10.7.